The van der Waals surface area contributed by atoms with Crippen LogP contribution in [0.2, 0.25) is 0 Å². The molecule has 6 nitrogen and oxygen atoms in total. The number of nitrogens with zero attached hydrogens (tertiary/aromatic N) is 1. The van der Waals surface area contributed by atoms with E-state index in [1.54, 1.807) is 4.90 Å². The van der Waals surface area contributed by atoms with Crippen molar-refractivity contribution in [2.45, 2.75) is 32.2 Å². The summed E-state index contributed by atoms with van der Waals surface area (Å²) in [6.07, 6.45) is 1.42. The van der Waals surface area contributed by atoms with Gasteiger partial charge in [-0.3, -0.25) is 14.4 Å². The van der Waals surface area contributed by atoms with Crippen molar-refractivity contribution >= 4 is 29.1 Å². The Bertz CT molecular complexity index is 926. The maximum atomic E-state index is 12.7. The third-order valence-corrected chi connectivity index (χ3v) is 5.45. The van der Waals surface area contributed by atoms with Crippen molar-refractivity contribution in [2.24, 2.45) is 5.92 Å². The van der Waals surface area contributed by atoms with Crippen molar-refractivity contribution in [1.82, 2.24) is 5.32 Å². The lowest BCUT2D eigenvalue weighted by atomic mass is 9.97. The number of hydrogen-bond acceptors (Lipinski definition) is 3. The molecule has 0 spiro atoms. The SMILES string of the molecule is CC(NC(=O)C1CC(=O)N(c2ccccc2)C1)c1ccc2c(c1)CCC(=O)N2. The summed E-state index contributed by atoms with van der Waals surface area (Å²) in [6.45, 7) is 2.34. The van der Waals surface area contributed by atoms with Crippen LogP contribution >= 0.6 is 0 Å². The van der Waals surface area contributed by atoms with Gasteiger partial charge in [0.2, 0.25) is 17.7 Å². The lowest BCUT2D eigenvalue weighted by Gasteiger charge is -2.21. The first-order valence-electron chi connectivity index (χ1n) is 9.60. The molecule has 0 radical (unpaired) electrons. The first-order valence-corrected chi connectivity index (χ1v) is 9.60. The first kappa shape index (κ1) is 18.2. The number of para-hydroxylation sites is 1. The molecule has 144 valence electrons. The van der Waals surface area contributed by atoms with Crippen LogP contribution in [0, 0.1) is 5.92 Å². The highest BCUT2D eigenvalue weighted by molar-refractivity contribution is 6.00. The minimum Gasteiger partial charge on any atom is -0.349 e. The van der Waals surface area contributed by atoms with Crippen LogP contribution in [0.5, 0.6) is 0 Å². The number of anilines is 2. The number of rotatable bonds is 4. The van der Waals surface area contributed by atoms with Crippen molar-refractivity contribution in [1.29, 1.82) is 0 Å². The van der Waals surface area contributed by atoms with E-state index in [0.29, 0.717) is 19.4 Å². The molecule has 2 aliphatic rings. The predicted octanol–water partition coefficient (Wildman–Crippen LogP) is 2.80. The van der Waals surface area contributed by atoms with Crippen molar-refractivity contribution in [3.63, 3.8) is 0 Å². The summed E-state index contributed by atoms with van der Waals surface area (Å²) in [6, 6.07) is 15.1. The zero-order chi connectivity index (χ0) is 19.7. The molecule has 2 aromatic rings. The van der Waals surface area contributed by atoms with E-state index in [1.807, 2.05) is 55.5 Å². The van der Waals surface area contributed by atoms with Crippen LogP contribution in [-0.4, -0.2) is 24.3 Å². The van der Waals surface area contributed by atoms with Gasteiger partial charge in [0.15, 0.2) is 0 Å². The monoisotopic (exact) mass is 377 g/mol. The molecule has 0 saturated carbocycles. The molecule has 2 aromatic carbocycles. The Hall–Kier alpha value is -3.15. The van der Waals surface area contributed by atoms with Gasteiger partial charge in [-0.05, 0) is 42.7 Å². The molecule has 0 aromatic heterocycles. The Morgan fingerprint density at radius 1 is 1.14 bits per heavy atom. The van der Waals surface area contributed by atoms with E-state index in [-0.39, 0.29) is 36.1 Å². The Morgan fingerprint density at radius 3 is 2.71 bits per heavy atom. The molecule has 4 rings (SSSR count). The summed E-state index contributed by atoms with van der Waals surface area (Å²) in [4.78, 5) is 38.3. The summed E-state index contributed by atoms with van der Waals surface area (Å²) < 4.78 is 0. The topological polar surface area (TPSA) is 78.5 Å². The molecular weight excluding hydrogens is 354 g/mol. The van der Waals surface area contributed by atoms with E-state index in [0.717, 1.165) is 22.5 Å². The van der Waals surface area contributed by atoms with Crippen molar-refractivity contribution in [3.05, 3.63) is 59.7 Å². The fraction of sp³-hybridized carbons (Fsp3) is 0.318. The number of aryl methyl sites for hydroxylation is 1. The fourth-order valence-corrected chi connectivity index (χ4v) is 3.83. The van der Waals surface area contributed by atoms with E-state index < -0.39 is 0 Å². The number of hydrogen-bond donors (Lipinski definition) is 2. The van der Waals surface area contributed by atoms with Crippen molar-refractivity contribution in [3.8, 4) is 0 Å². The van der Waals surface area contributed by atoms with E-state index in [4.69, 9.17) is 0 Å². The van der Waals surface area contributed by atoms with Gasteiger partial charge in [0.25, 0.3) is 0 Å². The largest absolute Gasteiger partial charge is 0.349 e. The smallest absolute Gasteiger partial charge is 0.227 e. The van der Waals surface area contributed by atoms with Crippen LogP contribution in [0.4, 0.5) is 11.4 Å². The number of carbonyl (C=O) groups excluding carboxylic acids is 3. The maximum absolute atomic E-state index is 12.7. The highest BCUT2D eigenvalue weighted by Gasteiger charge is 2.35. The van der Waals surface area contributed by atoms with Gasteiger partial charge in [0.05, 0.1) is 12.0 Å². The second-order valence-corrected chi connectivity index (χ2v) is 7.44. The first-order chi connectivity index (χ1) is 13.5. The summed E-state index contributed by atoms with van der Waals surface area (Å²) in [7, 11) is 0. The van der Waals surface area contributed by atoms with E-state index in [2.05, 4.69) is 10.6 Å². The summed E-state index contributed by atoms with van der Waals surface area (Å²) >= 11 is 0. The standard InChI is InChI=1S/C22H23N3O3/c1-14(15-7-9-19-16(11-15)8-10-20(26)24-19)23-22(28)17-12-21(27)25(13-17)18-5-3-2-4-6-18/h2-7,9,11,14,17H,8,10,12-13H2,1H3,(H,23,28)(H,24,26). The molecule has 28 heavy (non-hydrogen) atoms. The van der Waals surface area contributed by atoms with Gasteiger partial charge in [-0.15, -0.1) is 0 Å². The van der Waals surface area contributed by atoms with Crippen LogP contribution in [0.3, 0.4) is 0 Å². The molecular formula is C22H23N3O3. The van der Waals surface area contributed by atoms with Gasteiger partial charge in [0, 0.05) is 30.8 Å². The lowest BCUT2D eigenvalue weighted by Crippen LogP contribution is -2.34. The summed E-state index contributed by atoms with van der Waals surface area (Å²) in [5, 5.41) is 5.91. The quantitative estimate of drug-likeness (QED) is 0.860. The molecule has 1 fully saturated rings. The number of nitrogens with one attached hydrogen (secondary N) is 2. The van der Waals surface area contributed by atoms with Crippen LogP contribution in [-0.2, 0) is 20.8 Å². The van der Waals surface area contributed by atoms with Gasteiger partial charge < -0.3 is 15.5 Å². The maximum Gasteiger partial charge on any atom is 0.227 e. The third kappa shape index (κ3) is 3.63. The normalized spacial score (nSPS) is 19.8. The van der Waals surface area contributed by atoms with Crippen LogP contribution in [0.15, 0.2) is 48.5 Å². The molecule has 2 heterocycles. The van der Waals surface area contributed by atoms with E-state index in [1.165, 1.54) is 0 Å². The second-order valence-electron chi connectivity index (χ2n) is 7.44. The second kappa shape index (κ2) is 7.46. The molecule has 1 saturated heterocycles. The predicted molar refractivity (Wildman–Crippen MR) is 107 cm³/mol. The van der Waals surface area contributed by atoms with Gasteiger partial charge in [-0.2, -0.15) is 0 Å². The van der Waals surface area contributed by atoms with Crippen molar-refractivity contribution < 1.29 is 14.4 Å². The van der Waals surface area contributed by atoms with Gasteiger partial charge >= 0.3 is 0 Å². The Morgan fingerprint density at radius 2 is 1.93 bits per heavy atom. The van der Waals surface area contributed by atoms with Crippen LogP contribution in [0.25, 0.3) is 0 Å². The summed E-state index contributed by atoms with van der Waals surface area (Å²) in [5.74, 6) is -0.448. The van der Waals surface area contributed by atoms with Crippen molar-refractivity contribution in [2.75, 3.05) is 16.8 Å². The number of benzene rings is 2. The Balaban J connectivity index is 1.41. The molecule has 2 aliphatic heterocycles. The van der Waals surface area contributed by atoms with Gasteiger partial charge in [-0.25, -0.2) is 0 Å². The fourth-order valence-electron chi connectivity index (χ4n) is 3.83. The average Bonchev–Trinajstić information content (AvgIpc) is 3.10. The molecule has 6 heteroatoms. The van der Waals surface area contributed by atoms with Crippen LogP contribution < -0.4 is 15.5 Å². The number of carbonyl (C=O) groups is 3. The number of amides is 3. The Labute approximate surface area is 163 Å². The van der Waals surface area contributed by atoms with Gasteiger partial charge in [0.1, 0.15) is 0 Å². The highest BCUT2D eigenvalue weighted by atomic mass is 16.2. The molecule has 3 amide bonds. The zero-order valence-electron chi connectivity index (χ0n) is 15.8. The minimum absolute atomic E-state index is 0.0245. The third-order valence-electron chi connectivity index (χ3n) is 5.45. The molecule has 2 N–H and O–H groups in total. The molecule has 2 unspecified atom stereocenters. The van der Waals surface area contributed by atoms with E-state index >= 15 is 0 Å². The highest BCUT2D eigenvalue weighted by Crippen LogP contribution is 2.28. The Kier molecular flexibility index (Phi) is 4.86. The number of fused-ring (bicyclic) bond motifs is 1. The average molecular weight is 377 g/mol. The zero-order valence-corrected chi connectivity index (χ0v) is 15.8. The lowest BCUT2D eigenvalue weighted by molar-refractivity contribution is -0.126. The van der Waals surface area contributed by atoms with E-state index in [9.17, 15) is 14.4 Å². The minimum atomic E-state index is -0.355. The van der Waals surface area contributed by atoms with Gasteiger partial charge in [-0.1, -0.05) is 30.3 Å². The summed E-state index contributed by atoms with van der Waals surface area (Å²) in [5.41, 5.74) is 3.75. The van der Waals surface area contributed by atoms with Crippen LogP contribution in [0.1, 0.15) is 36.9 Å². The molecule has 0 aliphatic carbocycles. The molecule has 0 bridgehead atoms. The molecule has 2 atom stereocenters.